The van der Waals surface area contributed by atoms with Gasteiger partial charge in [-0.2, -0.15) is 5.26 Å². The highest BCUT2D eigenvalue weighted by Gasteiger charge is 2.36. The lowest BCUT2D eigenvalue weighted by Gasteiger charge is -2.22. The first-order valence-electron chi connectivity index (χ1n) is 6.06. The van der Waals surface area contributed by atoms with E-state index in [1.807, 2.05) is 6.07 Å². The topological polar surface area (TPSA) is 96.0 Å². The Kier molecular flexibility index (Phi) is 4.75. The minimum absolute atomic E-state index is 0.249. The summed E-state index contributed by atoms with van der Waals surface area (Å²) in [5.74, 6) is -1.37. The summed E-state index contributed by atoms with van der Waals surface area (Å²) in [4.78, 5) is 22.3. The van der Waals surface area contributed by atoms with Crippen LogP contribution in [-0.2, 0) is 4.79 Å². The van der Waals surface area contributed by atoms with Crippen molar-refractivity contribution in [2.75, 3.05) is 5.32 Å². The van der Waals surface area contributed by atoms with Crippen LogP contribution >= 0.6 is 0 Å². The third kappa shape index (κ3) is 2.91. The molecule has 0 unspecified atom stereocenters. The van der Waals surface area contributed by atoms with Crippen LogP contribution in [-0.4, -0.2) is 10.8 Å². The number of nitro benzene ring substituents is 1. The number of amides is 1. The van der Waals surface area contributed by atoms with Crippen molar-refractivity contribution in [3.05, 3.63) is 34.1 Å². The molecule has 0 aliphatic rings. The van der Waals surface area contributed by atoms with Gasteiger partial charge in [-0.3, -0.25) is 14.9 Å². The SMILES string of the molecule is CCC(C#N)(CC)C(=O)Nc1cc(F)ccc1[N+](=O)[O-]. The summed E-state index contributed by atoms with van der Waals surface area (Å²) in [6.07, 6.45) is 0.518. The normalized spacial score (nSPS) is 10.7. The van der Waals surface area contributed by atoms with Crippen molar-refractivity contribution in [1.29, 1.82) is 5.26 Å². The van der Waals surface area contributed by atoms with Crippen molar-refractivity contribution in [3.8, 4) is 6.07 Å². The molecule has 1 rings (SSSR count). The van der Waals surface area contributed by atoms with Crippen LogP contribution in [0.25, 0.3) is 0 Å². The van der Waals surface area contributed by atoms with Gasteiger partial charge in [-0.1, -0.05) is 13.8 Å². The smallest absolute Gasteiger partial charge is 0.292 e. The van der Waals surface area contributed by atoms with E-state index < -0.39 is 27.8 Å². The summed E-state index contributed by atoms with van der Waals surface area (Å²) in [7, 11) is 0. The number of rotatable bonds is 5. The summed E-state index contributed by atoms with van der Waals surface area (Å²) in [5, 5.41) is 22.3. The molecule has 106 valence electrons. The Morgan fingerprint density at radius 3 is 2.55 bits per heavy atom. The van der Waals surface area contributed by atoms with Gasteiger partial charge in [0.1, 0.15) is 16.9 Å². The van der Waals surface area contributed by atoms with Crippen molar-refractivity contribution in [1.82, 2.24) is 0 Å². The molecule has 0 saturated heterocycles. The minimum atomic E-state index is -1.28. The quantitative estimate of drug-likeness (QED) is 0.661. The summed E-state index contributed by atoms with van der Waals surface area (Å²) in [6, 6.07) is 4.69. The van der Waals surface area contributed by atoms with Gasteiger partial charge < -0.3 is 5.32 Å². The zero-order valence-corrected chi connectivity index (χ0v) is 11.1. The molecule has 0 saturated carbocycles. The number of halogens is 1. The first kappa shape index (κ1) is 15.6. The Bertz CT molecular complexity index is 577. The van der Waals surface area contributed by atoms with Gasteiger partial charge >= 0.3 is 0 Å². The fourth-order valence-electron chi connectivity index (χ4n) is 1.79. The zero-order valence-electron chi connectivity index (χ0n) is 11.1. The number of carbonyl (C=O) groups is 1. The number of hydrogen-bond donors (Lipinski definition) is 1. The molecule has 1 aromatic carbocycles. The summed E-state index contributed by atoms with van der Waals surface area (Å²) >= 11 is 0. The second-order valence-electron chi connectivity index (χ2n) is 4.27. The molecule has 1 amide bonds. The van der Waals surface area contributed by atoms with Crippen LogP contribution in [0.2, 0.25) is 0 Å². The van der Waals surface area contributed by atoms with Gasteiger partial charge in [0.15, 0.2) is 0 Å². The second-order valence-corrected chi connectivity index (χ2v) is 4.27. The molecule has 0 fully saturated rings. The number of benzene rings is 1. The highest BCUT2D eigenvalue weighted by atomic mass is 19.1. The van der Waals surface area contributed by atoms with Crippen molar-refractivity contribution < 1.29 is 14.1 Å². The molecule has 0 aromatic heterocycles. The van der Waals surface area contributed by atoms with E-state index >= 15 is 0 Å². The molecule has 0 bridgehead atoms. The van der Waals surface area contributed by atoms with Gasteiger partial charge in [0.2, 0.25) is 5.91 Å². The van der Waals surface area contributed by atoms with Crippen LogP contribution in [0, 0.1) is 32.7 Å². The molecule has 0 spiro atoms. The summed E-state index contributed by atoms with van der Waals surface area (Å²) in [6.45, 7) is 3.35. The molecular formula is C13H14FN3O3. The van der Waals surface area contributed by atoms with Crippen LogP contribution in [0.15, 0.2) is 18.2 Å². The number of nitro groups is 1. The lowest BCUT2D eigenvalue weighted by atomic mass is 9.83. The molecule has 0 aliphatic heterocycles. The molecule has 6 nitrogen and oxygen atoms in total. The molecule has 0 atom stereocenters. The van der Waals surface area contributed by atoms with Crippen LogP contribution in [0.5, 0.6) is 0 Å². The minimum Gasteiger partial charge on any atom is -0.319 e. The average Bonchev–Trinajstić information content (AvgIpc) is 2.41. The van der Waals surface area contributed by atoms with Crippen molar-refractivity contribution in [3.63, 3.8) is 0 Å². The Morgan fingerprint density at radius 1 is 1.50 bits per heavy atom. The molecule has 1 N–H and O–H groups in total. The van der Waals surface area contributed by atoms with Gasteiger partial charge in [-0.25, -0.2) is 4.39 Å². The highest BCUT2D eigenvalue weighted by molar-refractivity contribution is 5.98. The molecular weight excluding hydrogens is 265 g/mol. The van der Waals surface area contributed by atoms with E-state index in [9.17, 15) is 19.3 Å². The van der Waals surface area contributed by atoms with Crippen molar-refractivity contribution in [2.24, 2.45) is 5.41 Å². The van der Waals surface area contributed by atoms with Gasteiger partial charge in [0.25, 0.3) is 5.69 Å². The molecule has 0 heterocycles. The number of hydrogen-bond acceptors (Lipinski definition) is 4. The maximum absolute atomic E-state index is 13.2. The fourth-order valence-corrected chi connectivity index (χ4v) is 1.79. The monoisotopic (exact) mass is 279 g/mol. The highest BCUT2D eigenvalue weighted by Crippen LogP contribution is 2.30. The largest absolute Gasteiger partial charge is 0.319 e. The van der Waals surface area contributed by atoms with E-state index in [0.717, 1.165) is 18.2 Å². The molecule has 1 aromatic rings. The number of anilines is 1. The number of nitrogens with one attached hydrogen (secondary N) is 1. The van der Waals surface area contributed by atoms with E-state index in [-0.39, 0.29) is 18.5 Å². The van der Waals surface area contributed by atoms with Crippen molar-refractivity contribution >= 4 is 17.3 Å². The van der Waals surface area contributed by atoms with E-state index in [2.05, 4.69) is 5.32 Å². The Balaban J connectivity index is 3.16. The van der Waals surface area contributed by atoms with Crippen LogP contribution in [0.4, 0.5) is 15.8 Å². The number of nitrogens with zero attached hydrogens (tertiary/aromatic N) is 2. The standard InChI is InChI=1S/C13H14FN3O3/c1-3-13(4-2,8-15)12(18)16-10-7-9(14)5-6-11(10)17(19)20/h5-7H,3-4H2,1-2H3,(H,16,18). The molecule has 20 heavy (non-hydrogen) atoms. The third-order valence-corrected chi connectivity index (χ3v) is 3.26. The van der Waals surface area contributed by atoms with Crippen LogP contribution in [0.3, 0.4) is 0 Å². The van der Waals surface area contributed by atoms with Gasteiger partial charge in [0, 0.05) is 12.1 Å². The predicted molar refractivity (Wildman–Crippen MR) is 70.3 cm³/mol. The van der Waals surface area contributed by atoms with Crippen LogP contribution < -0.4 is 5.32 Å². The van der Waals surface area contributed by atoms with Gasteiger partial charge in [0.05, 0.1) is 11.0 Å². The van der Waals surface area contributed by atoms with Crippen LogP contribution in [0.1, 0.15) is 26.7 Å². The predicted octanol–water partition coefficient (Wildman–Crippen LogP) is 3.00. The molecule has 7 heteroatoms. The average molecular weight is 279 g/mol. The zero-order chi connectivity index (χ0) is 15.3. The maximum atomic E-state index is 13.2. The van der Waals surface area contributed by atoms with Crippen molar-refractivity contribution in [2.45, 2.75) is 26.7 Å². The number of nitriles is 1. The fraction of sp³-hybridized carbons (Fsp3) is 0.385. The van der Waals surface area contributed by atoms with E-state index in [1.54, 1.807) is 13.8 Å². The Hall–Kier alpha value is -2.49. The second kappa shape index (κ2) is 6.10. The lowest BCUT2D eigenvalue weighted by molar-refractivity contribution is -0.384. The summed E-state index contributed by atoms with van der Waals surface area (Å²) < 4.78 is 13.2. The van der Waals surface area contributed by atoms with E-state index in [4.69, 9.17) is 5.26 Å². The van der Waals surface area contributed by atoms with E-state index in [0.29, 0.717) is 0 Å². The number of carbonyl (C=O) groups excluding carboxylic acids is 1. The Morgan fingerprint density at radius 2 is 2.10 bits per heavy atom. The maximum Gasteiger partial charge on any atom is 0.292 e. The Labute approximate surface area is 115 Å². The third-order valence-electron chi connectivity index (χ3n) is 3.26. The first-order chi connectivity index (χ1) is 9.40. The van der Waals surface area contributed by atoms with Gasteiger partial charge in [-0.15, -0.1) is 0 Å². The lowest BCUT2D eigenvalue weighted by Crippen LogP contribution is -2.34. The molecule has 0 aliphatic carbocycles. The molecule has 0 radical (unpaired) electrons. The van der Waals surface area contributed by atoms with E-state index in [1.165, 1.54) is 0 Å². The van der Waals surface area contributed by atoms with Gasteiger partial charge in [-0.05, 0) is 18.9 Å². The summed E-state index contributed by atoms with van der Waals surface area (Å²) in [5.41, 5.74) is -1.94. The first-order valence-corrected chi connectivity index (χ1v) is 6.06.